The molecule has 4 nitrogen and oxygen atoms in total. The first-order valence-corrected chi connectivity index (χ1v) is 10.0. The SMILES string of the molecule is O=C(Nc1cc(F)ccc1F)c1cc2c(s1)-c1ccccc1S(=O)(=O)C2. The van der Waals surface area contributed by atoms with Crippen molar-refractivity contribution in [1.29, 1.82) is 0 Å². The number of fused-ring (bicyclic) bond motifs is 3. The molecule has 2 heterocycles. The second-order valence-corrected chi connectivity index (χ2v) is 8.81. The first-order valence-electron chi connectivity index (χ1n) is 7.56. The van der Waals surface area contributed by atoms with E-state index in [9.17, 15) is 22.0 Å². The molecule has 0 radical (unpaired) electrons. The number of benzene rings is 2. The fraction of sp³-hybridized carbons (Fsp3) is 0.0556. The van der Waals surface area contributed by atoms with Crippen LogP contribution in [0.5, 0.6) is 0 Å². The van der Waals surface area contributed by atoms with Crippen LogP contribution in [-0.2, 0) is 15.6 Å². The lowest BCUT2D eigenvalue weighted by Crippen LogP contribution is -2.12. The minimum Gasteiger partial charge on any atom is -0.319 e. The molecule has 4 rings (SSSR count). The lowest BCUT2D eigenvalue weighted by molar-refractivity contribution is 0.103. The van der Waals surface area contributed by atoms with Gasteiger partial charge in [-0.3, -0.25) is 4.79 Å². The summed E-state index contributed by atoms with van der Waals surface area (Å²) < 4.78 is 51.8. The van der Waals surface area contributed by atoms with Crippen LogP contribution in [0.25, 0.3) is 10.4 Å². The van der Waals surface area contributed by atoms with Gasteiger partial charge in [0.15, 0.2) is 9.84 Å². The molecule has 3 aromatic rings. The number of hydrogen-bond acceptors (Lipinski definition) is 4. The molecule has 0 bridgehead atoms. The molecule has 1 aliphatic heterocycles. The molecule has 0 atom stereocenters. The fourth-order valence-electron chi connectivity index (χ4n) is 2.86. The number of anilines is 1. The van der Waals surface area contributed by atoms with Crippen molar-refractivity contribution >= 4 is 32.8 Å². The van der Waals surface area contributed by atoms with Gasteiger partial charge in [0.2, 0.25) is 0 Å². The number of hydrogen-bond donors (Lipinski definition) is 1. The van der Waals surface area contributed by atoms with Crippen molar-refractivity contribution in [2.45, 2.75) is 10.6 Å². The molecule has 1 aliphatic rings. The summed E-state index contributed by atoms with van der Waals surface area (Å²) in [5.74, 6) is -2.25. The minimum atomic E-state index is -3.47. The summed E-state index contributed by atoms with van der Waals surface area (Å²) in [6.45, 7) is 0. The molecule has 0 fully saturated rings. The van der Waals surface area contributed by atoms with Crippen LogP contribution in [0.4, 0.5) is 14.5 Å². The van der Waals surface area contributed by atoms with Gasteiger partial charge in [-0.1, -0.05) is 18.2 Å². The van der Waals surface area contributed by atoms with Crippen molar-refractivity contribution in [3.05, 3.63) is 70.6 Å². The van der Waals surface area contributed by atoms with Crippen molar-refractivity contribution in [3.8, 4) is 10.4 Å². The van der Waals surface area contributed by atoms with E-state index in [0.717, 1.165) is 29.5 Å². The first kappa shape index (κ1) is 16.9. The molecule has 26 heavy (non-hydrogen) atoms. The molecule has 0 saturated carbocycles. The van der Waals surface area contributed by atoms with E-state index in [1.807, 2.05) is 0 Å². The smallest absolute Gasteiger partial charge is 0.265 e. The van der Waals surface area contributed by atoms with Gasteiger partial charge in [0.1, 0.15) is 11.6 Å². The third-order valence-corrected chi connectivity index (χ3v) is 6.95. The van der Waals surface area contributed by atoms with E-state index in [0.29, 0.717) is 16.0 Å². The molecular formula is C18H11F2NO3S2. The van der Waals surface area contributed by atoms with Gasteiger partial charge in [-0.15, -0.1) is 11.3 Å². The maximum atomic E-state index is 13.7. The average molecular weight is 391 g/mol. The number of carbonyl (C=O) groups excluding carboxylic acids is 1. The number of carbonyl (C=O) groups is 1. The van der Waals surface area contributed by atoms with E-state index in [-0.39, 0.29) is 21.2 Å². The van der Waals surface area contributed by atoms with Gasteiger partial charge < -0.3 is 5.32 Å². The highest BCUT2D eigenvalue weighted by molar-refractivity contribution is 7.91. The van der Waals surface area contributed by atoms with Crippen LogP contribution in [0, 0.1) is 11.6 Å². The van der Waals surface area contributed by atoms with Gasteiger partial charge in [0, 0.05) is 16.5 Å². The summed E-state index contributed by atoms with van der Waals surface area (Å²) in [5, 5.41) is 2.33. The molecule has 8 heteroatoms. The van der Waals surface area contributed by atoms with Crippen LogP contribution in [0.1, 0.15) is 15.2 Å². The van der Waals surface area contributed by atoms with E-state index < -0.39 is 27.4 Å². The average Bonchev–Trinajstić information content (AvgIpc) is 3.01. The van der Waals surface area contributed by atoms with E-state index in [4.69, 9.17) is 0 Å². The topological polar surface area (TPSA) is 63.2 Å². The zero-order chi connectivity index (χ0) is 18.5. The Balaban J connectivity index is 1.73. The van der Waals surface area contributed by atoms with Gasteiger partial charge in [0.25, 0.3) is 5.91 Å². The number of halogens is 2. The van der Waals surface area contributed by atoms with Crippen LogP contribution >= 0.6 is 11.3 Å². The lowest BCUT2D eigenvalue weighted by atomic mass is 10.1. The van der Waals surface area contributed by atoms with Crippen LogP contribution in [0.15, 0.2) is 53.4 Å². The third kappa shape index (κ3) is 2.81. The van der Waals surface area contributed by atoms with Gasteiger partial charge in [0.05, 0.1) is 21.2 Å². The summed E-state index contributed by atoms with van der Waals surface area (Å²) in [4.78, 5) is 13.6. The maximum absolute atomic E-state index is 13.7. The lowest BCUT2D eigenvalue weighted by Gasteiger charge is -2.15. The molecule has 0 aliphatic carbocycles. The number of amides is 1. The Bertz CT molecular complexity index is 1150. The predicted octanol–water partition coefficient (Wildman–Crippen LogP) is 4.23. The van der Waals surface area contributed by atoms with E-state index in [2.05, 4.69) is 5.32 Å². The van der Waals surface area contributed by atoms with Gasteiger partial charge in [-0.05, 0) is 29.8 Å². The highest BCUT2D eigenvalue weighted by Gasteiger charge is 2.30. The second kappa shape index (κ2) is 6.00. The van der Waals surface area contributed by atoms with Crippen molar-refractivity contribution < 1.29 is 22.0 Å². The zero-order valence-corrected chi connectivity index (χ0v) is 14.8. The summed E-state index contributed by atoms with van der Waals surface area (Å²) in [6, 6.07) is 10.9. The van der Waals surface area contributed by atoms with E-state index in [1.165, 1.54) is 12.1 Å². The van der Waals surface area contributed by atoms with Crippen LogP contribution < -0.4 is 5.32 Å². The molecule has 1 amide bonds. The van der Waals surface area contributed by atoms with Crippen LogP contribution in [-0.4, -0.2) is 14.3 Å². The van der Waals surface area contributed by atoms with Crippen molar-refractivity contribution in [2.24, 2.45) is 0 Å². The van der Waals surface area contributed by atoms with E-state index in [1.54, 1.807) is 18.2 Å². The number of nitrogens with one attached hydrogen (secondary N) is 1. The second-order valence-electron chi connectivity index (χ2n) is 5.80. The quantitative estimate of drug-likeness (QED) is 0.711. The number of rotatable bonds is 2. The molecule has 0 unspecified atom stereocenters. The molecule has 2 aromatic carbocycles. The van der Waals surface area contributed by atoms with Gasteiger partial charge >= 0.3 is 0 Å². The Morgan fingerprint density at radius 1 is 1.08 bits per heavy atom. The summed E-state index contributed by atoms with van der Waals surface area (Å²) in [7, 11) is -3.47. The largest absolute Gasteiger partial charge is 0.319 e. The van der Waals surface area contributed by atoms with Gasteiger partial charge in [-0.2, -0.15) is 0 Å². The molecule has 0 spiro atoms. The Hall–Kier alpha value is -2.58. The number of sulfone groups is 1. The highest BCUT2D eigenvalue weighted by Crippen LogP contribution is 2.42. The Kier molecular flexibility index (Phi) is 3.89. The number of thiophene rings is 1. The molecule has 1 N–H and O–H groups in total. The van der Waals surface area contributed by atoms with Crippen LogP contribution in [0.2, 0.25) is 0 Å². The normalized spacial score (nSPS) is 14.4. The molecule has 132 valence electrons. The Morgan fingerprint density at radius 2 is 1.85 bits per heavy atom. The Morgan fingerprint density at radius 3 is 2.65 bits per heavy atom. The standard InChI is InChI=1S/C18H11F2NO3S2/c19-11-5-6-13(20)14(8-11)21-18(22)15-7-10-9-26(23,24)16-4-2-1-3-12(16)17(10)25-15/h1-8H,9H2,(H,21,22). The highest BCUT2D eigenvalue weighted by atomic mass is 32.2. The third-order valence-electron chi connectivity index (χ3n) is 4.02. The van der Waals surface area contributed by atoms with Crippen molar-refractivity contribution in [2.75, 3.05) is 5.32 Å². The van der Waals surface area contributed by atoms with Crippen LogP contribution in [0.3, 0.4) is 0 Å². The summed E-state index contributed by atoms with van der Waals surface area (Å²) in [6.07, 6.45) is 0. The van der Waals surface area contributed by atoms with Crippen molar-refractivity contribution in [1.82, 2.24) is 0 Å². The molecule has 0 saturated heterocycles. The van der Waals surface area contributed by atoms with E-state index >= 15 is 0 Å². The Labute approximate surface area is 152 Å². The summed E-state index contributed by atoms with van der Waals surface area (Å²) >= 11 is 1.12. The molecule has 1 aromatic heterocycles. The molecular weight excluding hydrogens is 380 g/mol. The zero-order valence-electron chi connectivity index (χ0n) is 13.1. The minimum absolute atomic E-state index is 0.197. The van der Waals surface area contributed by atoms with Gasteiger partial charge in [-0.25, -0.2) is 17.2 Å². The van der Waals surface area contributed by atoms with Crippen molar-refractivity contribution in [3.63, 3.8) is 0 Å². The monoisotopic (exact) mass is 391 g/mol. The first-order chi connectivity index (χ1) is 12.3. The predicted molar refractivity (Wildman–Crippen MR) is 95.0 cm³/mol. The summed E-state index contributed by atoms with van der Waals surface area (Å²) in [5.41, 5.74) is 0.808. The maximum Gasteiger partial charge on any atom is 0.265 e. The fourth-order valence-corrected chi connectivity index (χ4v) is 5.72.